The Morgan fingerprint density at radius 3 is 2.82 bits per heavy atom. The molecule has 6 heteroatoms. The van der Waals surface area contributed by atoms with Gasteiger partial charge in [-0.3, -0.25) is 5.10 Å². The molecule has 0 amide bonds. The lowest BCUT2D eigenvalue weighted by Gasteiger charge is -2.03. The summed E-state index contributed by atoms with van der Waals surface area (Å²) in [7, 11) is 0. The third-order valence-corrected chi connectivity index (χ3v) is 2.44. The van der Waals surface area contributed by atoms with Crippen molar-refractivity contribution in [1.82, 2.24) is 10.2 Å². The molecule has 0 saturated heterocycles. The molecule has 0 spiro atoms. The van der Waals surface area contributed by atoms with Gasteiger partial charge in [-0.15, -0.1) is 0 Å². The normalized spacial score (nSPS) is 10.5. The van der Waals surface area contributed by atoms with Crippen LogP contribution in [0.4, 0.5) is 5.69 Å². The minimum Gasteiger partial charge on any atom is -0.475 e. The number of aromatic carboxylic acids is 1. The molecule has 0 unspecified atom stereocenters. The van der Waals surface area contributed by atoms with Crippen molar-refractivity contribution in [3.63, 3.8) is 0 Å². The van der Waals surface area contributed by atoms with Crippen molar-refractivity contribution in [2.75, 3.05) is 5.32 Å². The summed E-state index contributed by atoms with van der Waals surface area (Å²) in [4.78, 5) is 10.6. The van der Waals surface area contributed by atoms with E-state index in [9.17, 15) is 4.79 Å². The second kappa shape index (κ2) is 4.32. The van der Waals surface area contributed by atoms with Crippen molar-refractivity contribution in [2.45, 2.75) is 20.4 Å². The van der Waals surface area contributed by atoms with Crippen molar-refractivity contribution >= 4 is 11.7 Å². The maximum absolute atomic E-state index is 10.6. The lowest BCUT2D eigenvalue weighted by molar-refractivity contribution is 0.0660. The number of nitrogens with one attached hydrogen (secondary N) is 2. The van der Waals surface area contributed by atoms with Gasteiger partial charge in [-0.25, -0.2) is 4.79 Å². The summed E-state index contributed by atoms with van der Waals surface area (Å²) >= 11 is 0. The van der Waals surface area contributed by atoms with Gasteiger partial charge < -0.3 is 14.8 Å². The second-order valence-corrected chi connectivity index (χ2v) is 3.73. The highest BCUT2D eigenvalue weighted by atomic mass is 16.4. The number of nitrogens with zero attached hydrogens (tertiary/aromatic N) is 1. The lowest BCUT2D eigenvalue weighted by atomic mass is 10.3. The molecule has 0 saturated carbocycles. The van der Waals surface area contributed by atoms with E-state index in [4.69, 9.17) is 9.52 Å². The summed E-state index contributed by atoms with van der Waals surface area (Å²) in [6.45, 7) is 4.22. The summed E-state index contributed by atoms with van der Waals surface area (Å²) < 4.78 is 5.13. The molecule has 0 radical (unpaired) electrons. The SMILES string of the molecule is Cc1n[nH]c(C)c1NCc1ccc(C(=O)O)o1. The van der Waals surface area contributed by atoms with Crippen LogP contribution in [0.15, 0.2) is 16.5 Å². The van der Waals surface area contributed by atoms with E-state index in [1.54, 1.807) is 6.07 Å². The second-order valence-electron chi connectivity index (χ2n) is 3.73. The Labute approximate surface area is 97.6 Å². The third kappa shape index (κ3) is 2.30. The van der Waals surface area contributed by atoms with E-state index in [2.05, 4.69) is 15.5 Å². The molecule has 0 fully saturated rings. The molecule has 0 atom stereocenters. The Kier molecular flexibility index (Phi) is 2.86. The van der Waals surface area contributed by atoms with Crippen LogP contribution in [0.2, 0.25) is 0 Å². The summed E-state index contributed by atoms with van der Waals surface area (Å²) in [5.41, 5.74) is 2.72. The van der Waals surface area contributed by atoms with Crippen LogP contribution in [0.5, 0.6) is 0 Å². The van der Waals surface area contributed by atoms with Gasteiger partial charge in [-0.05, 0) is 26.0 Å². The number of anilines is 1. The van der Waals surface area contributed by atoms with E-state index in [0.717, 1.165) is 17.1 Å². The number of aryl methyl sites for hydroxylation is 2. The molecule has 0 aliphatic rings. The fraction of sp³-hybridized carbons (Fsp3) is 0.273. The number of carboxylic acid groups (broad SMARTS) is 1. The minimum atomic E-state index is -1.06. The molecule has 0 bridgehead atoms. The Balaban J connectivity index is 2.05. The van der Waals surface area contributed by atoms with Gasteiger partial charge in [0, 0.05) is 0 Å². The first-order valence-corrected chi connectivity index (χ1v) is 5.15. The summed E-state index contributed by atoms with van der Waals surface area (Å²) in [6.07, 6.45) is 0. The van der Waals surface area contributed by atoms with Crippen LogP contribution in [0.25, 0.3) is 0 Å². The van der Waals surface area contributed by atoms with Crippen molar-refractivity contribution in [3.05, 3.63) is 35.0 Å². The molecule has 2 heterocycles. The van der Waals surface area contributed by atoms with Crippen molar-refractivity contribution in [1.29, 1.82) is 0 Å². The minimum absolute atomic E-state index is 0.0533. The molecule has 3 N–H and O–H groups in total. The Hall–Kier alpha value is -2.24. The van der Waals surface area contributed by atoms with Gasteiger partial charge in [-0.2, -0.15) is 5.10 Å². The number of aromatic nitrogens is 2. The Morgan fingerprint density at radius 2 is 2.29 bits per heavy atom. The van der Waals surface area contributed by atoms with Gasteiger partial charge in [0.1, 0.15) is 5.76 Å². The first-order valence-electron chi connectivity index (χ1n) is 5.15. The highest BCUT2D eigenvalue weighted by Gasteiger charge is 2.10. The van der Waals surface area contributed by atoms with Gasteiger partial charge in [0.15, 0.2) is 0 Å². The number of rotatable bonds is 4. The third-order valence-electron chi connectivity index (χ3n) is 2.44. The zero-order chi connectivity index (χ0) is 12.4. The first-order chi connectivity index (χ1) is 8.08. The summed E-state index contributed by atoms with van der Waals surface area (Å²) in [5, 5.41) is 18.8. The van der Waals surface area contributed by atoms with Crippen LogP contribution >= 0.6 is 0 Å². The summed E-state index contributed by atoms with van der Waals surface area (Å²) in [5.74, 6) is -0.545. The molecule has 2 aromatic heterocycles. The maximum Gasteiger partial charge on any atom is 0.371 e. The van der Waals surface area contributed by atoms with Crippen LogP contribution in [0.3, 0.4) is 0 Å². The van der Waals surface area contributed by atoms with Gasteiger partial charge >= 0.3 is 5.97 Å². The molecule has 17 heavy (non-hydrogen) atoms. The Morgan fingerprint density at radius 1 is 1.53 bits per heavy atom. The number of hydrogen-bond donors (Lipinski definition) is 3. The fourth-order valence-electron chi connectivity index (χ4n) is 1.57. The largest absolute Gasteiger partial charge is 0.475 e. The predicted molar refractivity (Wildman–Crippen MR) is 61.1 cm³/mol. The standard InChI is InChI=1S/C11H13N3O3/c1-6-10(7(2)14-13-6)12-5-8-3-4-9(17-8)11(15)16/h3-4,12H,5H2,1-2H3,(H,13,14)(H,15,16). The average molecular weight is 235 g/mol. The molecule has 2 rings (SSSR count). The Bertz CT molecular complexity index is 522. The number of carbonyl (C=O) groups is 1. The van der Waals surface area contributed by atoms with E-state index < -0.39 is 5.97 Å². The monoisotopic (exact) mass is 235 g/mol. The smallest absolute Gasteiger partial charge is 0.371 e. The number of furan rings is 1. The van der Waals surface area contributed by atoms with Gasteiger partial charge in [0.2, 0.25) is 5.76 Å². The number of carboxylic acids is 1. The van der Waals surface area contributed by atoms with Gasteiger partial charge in [0.05, 0.1) is 23.6 Å². The molecular weight excluding hydrogens is 222 g/mol. The highest BCUT2D eigenvalue weighted by Crippen LogP contribution is 2.17. The first kappa shape index (κ1) is 11.3. The van der Waals surface area contributed by atoms with Crippen molar-refractivity contribution in [2.24, 2.45) is 0 Å². The van der Waals surface area contributed by atoms with Crippen LogP contribution < -0.4 is 5.32 Å². The molecule has 90 valence electrons. The fourth-order valence-corrected chi connectivity index (χ4v) is 1.57. The van der Waals surface area contributed by atoms with E-state index >= 15 is 0 Å². The van der Waals surface area contributed by atoms with Crippen LogP contribution in [-0.2, 0) is 6.54 Å². The highest BCUT2D eigenvalue weighted by molar-refractivity contribution is 5.84. The van der Waals surface area contributed by atoms with Crippen LogP contribution in [0, 0.1) is 13.8 Å². The molecule has 0 aliphatic carbocycles. The van der Waals surface area contributed by atoms with E-state index in [-0.39, 0.29) is 5.76 Å². The summed E-state index contributed by atoms with van der Waals surface area (Å²) in [6, 6.07) is 3.08. The van der Waals surface area contributed by atoms with E-state index in [1.165, 1.54) is 6.07 Å². The molecular formula is C11H13N3O3. The number of hydrogen-bond acceptors (Lipinski definition) is 4. The van der Waals surface area contributed by atoms with Crippen molar-refractivity contribution in [3.8, 4) is 0 Å². The van der Waals surface area contributed by atoms with E-state index in [0.29, 0.717) is 12.3 Å². The van der Waals surface area contributed by atoms with Crippen molar-refractivity contribution < 1.29 is 14.3 Å². The van der Waals surface area contributed by atoms with Crippen LogP contribution in [-0.4, -0.2) is 21.3 Å². The quantitative estimate of drug-likeness (QED) is 0.753. The van der Waals surface area contributed by atoms with Gasteiger partial charge in [0.25, 0.3) is 0 Å². The zero-order valence-electron chi connectivity index (χ0n) is 9.57. The lowest BCUT2D eigenvalue weighted by Crippen LogP contribution is -2.00. The van der Waals surface area contributed by atoms with Crippen LogP contribution in [0.1, 0.15) is 27.7 Å². The van der Waals surface area contributed by atoms with Gasteiger partial charge in [-0.1, -0.05) is 0 Å². The number of aromatic amines is 1. The number of H-pyrrole nitrogens is 1. The average Bonchev–Trinajstić information content (AvgIpc) is 2.85. The molecule has 0 aromatic carbocycles. The molecule has 6 nitrogen and oxygen atoms in total. The van der Waals surface area contributed by atoms with E-state index in [1.807, 2.05) is 13.8 Å². The topological polar surface area (TPSA) is 91.2 Å². The molecule has 2 aromatic rings. The maximum atomic E-state index is 10.6. The molecule has 0 aliphatic heterocycles. The predicted octanol–water partition coefficient (Wildman–Crippen LogP) is 1.93. The zero-order valence-corrected chi connectivity index (χ0v) is 9.57.